The Labute approximate surface area is 133 Å². The monoisotopic (exact) mass is 361 g/mol. The number of halogens is 2. The van der Waals surface area contributed by atoms with E-state index in [2.05, 4.69) is 5.32 Å². The summed E-state index contributed by atoms with van der Waals surface area (Å²) in [6.45, 7) is 1.62. The van der Waals surface area contributed by atoms with Gasteiger partial charge in [-0.15, -0.1) is 23.2 Å². The van der Waals surface area contributed by atoms with Gasteiger partial charge in [0.15, 0.2) is 0 Å². The molecule has 0 bridgehead atoms. The number of carboxylic acid groups (broad SMARTS) is 1. The van der Waals surface area contributed by atoms with Gasteiger partial charge in [-0.2, -0.15) is 0 Å². The Kier molecular flexibility index (Phi) is 10.7. The molecule has 0 saturated carbocycles. The molecule has 7 nitrogen and oxygen atoms in total. The lowest BCUT2D eigenvalue weighted by atomic mass is 10.2. The summed E-state index contributed by atoms with van der Waals surface area (Å²) < 4.78 is 22.6. The van der Waals surface area contributed by atoms with E-state index >= 15 is 0 Å². The molecule has 0 aromatic rings. The lowest BCUT2D eigenvalue weighted by Gasteiger charge is -2.18. The van der Waals surface area contributed by atoms with Crippen molar-refractivity contribution in [1.82, 2.24) is 5.32 Å². The predicted molar refractivity (Wildman–Crippen MR) is 80.2 cm³/mol. The molecule has 1 unspecified atom stereocenters. The number of allylic oxidation sites excluding steroid dienone is 1. The van der Waals surface area contributed by atoms with Crippen LogP contribution in [0.4, 0.5) is 0 Å². The summed E-state index contributed by atoms with van der Waals surface area (Å²) in [5.41, 5.74) is 0.434. The molecule has 0 aromatic carbocycles. The minimum absolute atomic E-state index is 0.0311. The first-order valence-electron chi connectivity index (χ1n) is 5.98. The van der Waals surface area contributed by atoms with Crippen molar-refractivity contribution >= 4 is 43.2 Å². The van der Waals surface area contributed by atoms with Crippen LogP contribution >= 0.6 is 30.8 Å². The number of carbonyl (C=O) groups is 2. The Morgan fingerprint density at radius 2 is 1.86 bits per heavy atom. The minimum atomic E-state index is -3.46. The van der Waals surface area contributed by atoms with Gasteiger partial charge in [0, 0.05) is 11.8 Å². The second-order valence-corrected chi connectivity index (χ2v) is 6.74. The van der Waals surface area contributed by atoms with Crippen LogP contribution in [-0.2, 0) is 23.2 Å². The first kappa shape index (κ1) is 20.4. The van der Waals surface area contributed by atoms with Crippen molar-refractivity contribution in [2.75, 3.05) is 31.1 Å². The molecule has 0 aliphatic heterocycles. The average molecular weight is 362 g/mol. The van der Waals surface area contributed by atoms with Crippen molar-refractivity contribution < 1.29 is 28.3 Å². The van der Waals surface area contributed by atoms with Crippen molar-refractivity contribution in [3.8, 4) is 0 Å². The molecule has 0 fully saturated rings. The molecule has 10 heteroatoms. The number of amides is 1. The summed E-state index contributed by atoms with van der Waals surface area (Å²) in [5, 5.41) is 11.0. The molecule has 0 aliphatic carbocycles. The van der Waals surface area contributed by atoms with E-state index in [9.17, 15) is 14.2 Å². The number of carboxylic acids is 1. The number of alkyl halides is 2. The number of nitrogens with one attached hydrogen (secondary N) is 1. The van der Waals surface area contributed by atoms with Crippen LogP contribution in [0.5, 0.6) is 0 Å². The molecular formula is C11H18Cl2NO6P. The third-order valence-electron chi connectivity index (χ3n) is 2.14. The quantitative estimate of drug-likeness (QED) is 0.238. The molecule has 0 aromatic heterocycles. The van der Waals surface area contributed by atoms with Crippen molar-refractivity contribution in [3.63, 3.8) is 0 Å². The van der Waals surface area contributed by atoms with Crippen LogP contribution in [0.2, 0.25) is 0 Å². The Bertz CT molecular complexity index is 406. The number of carbonyl (C=O) groups excluding carboxylic acids is 1. The lowest BCUT2D eigenvalue weighted by molar-refractivity contribution is -0.139. The van der Waals surface area contributed by atoms with Gasteiger partial charge < -0.3 is 19.5 Å². The molecule has 21 heavy (non-hydrogen) atoms. The van der Waals surface area contributed by atoms with Crippen LogP contribution in [0.15, 0.2) is 11.6 Å². The maximum absolute atomic E-state index is 12.4. The highest BCUT2D eigenvalue weighted by molar-refractivity contribution is 7.54. The minimum Gasteiger partial charge on any atom is -0.479 e. The Balaban J connectivity index is 4.91. The molecule has 1 atom stereocenters. The SMILES string of the molecule is C/C(=C\C(NC=O)C(=O)O)CP(=O)(OCCCl)OCCCl. The highest BCUT2D eigenvalue weighted by atomic mass is 35.5. The molecule has 0 spiro atoms. The van der Waals surface area contributed by atoms with E-state index in [4.69, 9.17) is 37.4 Å². The number of rotatable bonds is 12. The van der Waals surface area contributed by atoms with E-state index in [1.165, 1.54) is 6.08 Å². The molecule has 1 amide bonds. The highest BCUT2D eigenvalue weighted by Crippen LogP contribution is 2.49. The number of hydrogen-bond donors (Lipinski definition) is 2. The normalized spacial score (nSPS) is 13.8. The number of aliphatic carboxylic acids is 1. The van der Waals surface area contributed by atoms with E-state index in [0.717, 1.165) is 0 Å². The highest BCUT2D eigenvalue weighted by Gasteiger charge is 2.26. The van der Waals surface area contributed by atoms with Gasteiger partial charge in [0.25, 0.3) is 0 Å². The largest absolute Gasteiger partial charge is 0.479 e. The van der Waals surface area contributed by atoms with Gasteiger partial charge in [0.05, 0.1) is 19.4 Å². The van der Waals surface area contributed by atoms with Gasteiger partial charge in [0.1, 0.15) is 6.04 Å². The third kappa shape index (κ3) is 9.11. The summed E-state index contributed by atoms with van der Waals surface area (Å²) in [7, 11) is -3.46. The molecule has 122 valence electrons. The average Bonchev–Trinajstić information content (AvgIpc) is 2.42. The van der Waals surface area contributed by atoms with Gasteiger partial charge >= 0.3 is 13.6 Å². The fourth-order valence-corrected chi connectivity index (χ4v) is 3.46. The zero-order chi connectivity index (χ0) is 16.3. The van der Waals surface area contributed by atoms with Gasteiger partial charge in [-0.1, -0.05) is 11.6 Å². The fourth-order valence-electron chi connectivity index (χ4n) is 1.38. The molecule has 2 N–H and O–H groups in total. The molecule has 0 rings (SSSR count). The zero-order valence-corrected chi connectivity index (χ0v) is 13.9. The third-order valence-corrected chi connectivity index (χ3v) is 4.48. The topological polar surface area (TPSA) is 102 Å². The summed E-state index contributed by atoms with van der Waals surface area (Å²) >= 11 is 11.0. The van der Waals surface area contributed by atoms with Gasteiger partial charge in [-0.3, -0.25) is 9.36 Å². The fraction of sp³-hybridized carbons (Fsp3) is 0.636. The van der Waals surface area contributed by atoms with Crippen LogP contribution in [0.1, 0.15) is 6.92 Å². The smallest absolute Gasteiger partial charge is 0.334 e. The van der Waals surface area contributed by atoms with E-state index < -0.39 is 19.6 Å². The zero-order valence-electron chi connectivity index (χ0n) is 11.5. The van der Waals surface area contributed by atoms with Crippen molar-refractivity contribution in [3.05, 3.63) is 11.6 Å². The Morgan fingerprint density at radius 1 is 1.33 bits per heavy atom. The van der Waals surface area contributed by atoms with Crippen LogP contribution < -0.4 is 5.32 Å². The van der Waals surface area contributed by atoms with Crippen LogP contribution in [0.25, 0.3) is 0 Å². The van der Waals surface area contributed by atoms with Gasteiger partial charge in [0.2, 0.25) is 6.41 Å². The van der Waals surface area contributed by atoms with Crippen LogP contribution in [0, 0.1) is 0 Å². The molecular weight excluding hydrogens is 344 g/mol. The summed E-state index contributed by atoms with van der Waals surface area (Å²) in [5.74, 6) is -0.956. The van der Waals surface area contributed by atoms with E-state index in [1.807, 2.05) is 0 Å². The second kappa shape index (κ2) is 11.0. The first-order valence-corrected chi connectivity index (χ1v) is 8.78. The maximum atomic E-state index is 12.4. The van der Waals surface area contributed by atoms with Gasteiger partial charge in [-0.25, -0.2) is 4.79 Å². The van der Waals surface area contributed by atoms with Crippen LogP contribution in [-0.4, -0.2) is 54.7 Å². The molecule has 0 aliphatic rings. The van der Waals surface area contributed by atoms with E-state index in [-0.39, 0.29) is 37.5 Å². The van der Waals surface area contributed by atoms with Crippen LogP contribution in [0.3, 0.4) is 0 Å². The predicted octanol–water partition coefficient (Wildman–Crippen LogP) is 1.84. The van der Waals surface area contributed by atoms with Crippen molar-refractivity contribution in [1.29, 1.82) is 0 Å². The molecule has 0 heterocycles. The van der Waals surface area contributed by atoms with Crippen molar-refractivity contribution in [2.45, 2.75) is 13.0 Å². The number of hydrogen-bond acceptors (Lipinski definition) is 5. The van der Waals surface area contributed by atoms with E-state index in [1.54, 1.807) is 6.92 Å². The Hall–Kier alpha value is -0.590. The maximum Gasteiger partial charge on any atom is 0.334 e. The standard InChI is InChI=1S/C11H18Cl2NO6P/c1-9(6-10(11(16)17)14-8-15)7-21(18,19-4-2-12)20-5-3-13/h6,8,10H,2-5,7H2,1H3,(H,14,15)(H,16,17)/b9-6+. The van der Waals surface area contributed by atoms with Crippen molar-refractivity contribution in [2.24, 2.45) is 0 Å². The second-order valence-electron chi connectivity index (χ2n) is 3.93. The summed E-state index contributed by atoms with van der Waals surface area (Å²) in [4.78, 5) is 21.2. The molecule has 0 radical (unpaired) electrons. The summed E-state index contributed by atoms with van der Waals surface area (Å²) in [6, 6.07) is -1.21. The lowest BCUT2D eigenvalue weighted by Crippen LogP contribution is -2.34. The van der Waals surface area contributed by atoms with Gasteiger partial charge in [-0.05, 0) is 6.92 Å². The molecule has 0 saturated heterocycles. The first-order chi connectivity index (χ1) is 9.88. The summed E-state index contributed by atoms with van der Waals surface area (Å²) in [6.07, 6.45) is 1.42. The van der Waals surface area contributed by atoms with E-state index in [0.29, 0.717) is 5.57 Å². The Morgan fingerprint density at radius 3 is 2.24 bits per heavy atom.